The summed E-state index contributed by atoms with van der Waals surface area (Å²) in [5.41, 5.74) is -0.370. The maximum atomic E-state index is 12.8. The first-order valence-electron chi connectivity index (χ1n) is 8.99. The van der Waals surface area contributed by atoms with Gasteiger partial charge >= 0.3 is 11.9 Å². The number of hydrogen-bond acceptors (Lipinski definition) is 5. The highest BCUT2D eigenvalue weighted by Gasteiger charge is 2.41. The van der Waals surface area contributed by atoms with Gasteiger partial charge in [0.2, 0.25) is 0 Å². The second kappa shape index (κ2) is 8.48. The molecule has 1 aliphatic carbocycles. The van der Waals surface area contributed by atoms with E-state index in [1.54, 1.807) is 0 Å². The van der Waals surface area contributed by atoms with E-state index in [-0.39, 0.29) is 25.1 Å². The van der Waals surface area contributed by atoms with E-state index in [1.807, 2.05) is 51.1 Å². The molecule has 0 saturated heterocycles. The monoisotopic (exact) mass is 347 g/mol. The highest BCUT2D eigenvalue weighted by molar-refractivity contribution is 5.82. The minimum absolute atomic E-state index is 0.0116. The van der Waals surface area contributed by atoms with Crippen molar-refractivity contribution in [2.75, 3.05) is 6.54 Å². The van der Waals surface area contributed by atoms with Crippen molar-refractivity contribution in [2.24, 2.45) is 0 Å². The second-order valence-corrected chi connectivity index (χ2v) is 7.64. The molecule has 1 aromatic carbocycles. The lowest BCUT2D eigenvalue weighted by Crippen LogP contribution is -2.55. The Balaban J connectivity index is 1.96. The van der Waals surface area contributed by atoms with Crippen molar-refractivity contribution in [3.63, 3.8) is 0 Å². The van der Waals surface area contributed by atoms with Crippen molar-refractivity contribution in [1.29, 1.82) is 0 Å². The molecule has 0 amide bonds. The summed E-state index contributed by atoms with van der Waals surface area (Å²) in [7, 11) is 0. The molecule has 138 valence electrons. The predicted molar refractivity (Wildman–Crippen MR) is 95.9 cm³/mol. The van der Waals surface area contributed by atoms with Gasteiger partial charge in [0, 0.05) is 0 Å². The van der Waals surface area contributed by atoms with Crippen LogP contribution < -0.4 is 5.32 Å². The zero-order valence-corrected chi connectivity index (χ0v) is 15.5. The summed E-state index contributed by atoms with van der Waals surface area (Å²) >= 11 is 0. The Morgan fingerprint density at radius 3 is 2.32 bits per heavy atom. The van der Waals surface area contributed by atoms with Crippen LogP contribution in [0.4, 0.5) is 0 Å². The van der Waals surface area contributed by atoms with Crippen LogP contribution in [0.15, 0.2) is 30.3 Å². The molecule has 0 spiro atoms. The molecule has 0 atom stereocenters. The molecule has 2 rings (SSSR count). The fraction of sp³-hybridized carbons (Fsp3) is 0.600. The van der Waals surface area contributed by atoms with Crippen molar-refractivity contribution in [3.8, 4) is 0 Å². The third kappa shape index (κ3) is 6.16. The molecule has 1 fully saturated rings. The van der Waals surface area contributed by atoms with Crippen molar-refractivity contribution >= 4 is 11.9 Å². The van der Waals surface area contributed by atoms with Crippen LogP contribution in [0.3, 0.4) is 0 Å². The van der Waals surface area contributed by atoms with Crippen molar-refractivity contribution in [1.82, 2.24) is 5.32 Å². The Morgan fingerprint density at radius 2 is 1.72 bits per heavy atom. The molecule has 0 bridgehead atoms. The normalized spacial score (nSPS) is 16.9. The zero-order valence-electron chi connectivity index (χ0n) is 15.5. The van der Waals surface area contributed by atoms with Gasteiger partial charge in [-0.1, -0.05) is 49.6 Å². The van der Waals surface area contributed by atoms with Crippen LogP contribution in [-0.4, -0.2) is 29.6 Å². The highest BCUT2D eigenvalue weighted by atomic mass is 16.6. The lowest BCUT2D eigenvalue weighted by atomic mass is 9.81. The number of benzene rings is 1. The van der Waals surface area contributed by atoms with Gasteiger partial charge < -0.3 is 9.47 Å². The van der Waals surface area contributed by atoms with Gasteiger partial charge in [0.15, 0.2) is 0 Å². The first-order chi connectivity index (χ1) is 11.8. The topological polar surface area (TPSA) is 64.6 Å². The van der Waals surface area contributed by atoms with Gasteiger partial charge in [-0.3, -0.25) is 14.9 Å². The van der Waals surface area contributed by atoms with Crippen molar-refractivity contribution < 1.29 is 19.1 Å². The van der Waals surface area contributed by atoms with Gasteiger partial charge in [0.05, 0.1) is 6.54 Å². The minimum Gasteiger partial charge on any atom is -0.459 e. The maximum absolute atomic E-state index is 12.8. The van der Waals surface area contributed by atoms with Gasteiger partial charge in [0.1, 0.15) is 17.7 Å². The van der Waals surface area contributed by atoms with Gasteiger partial charge in [0.25, 0.3) is 0 Å². The van der Waals surface area contributed by atoms with E-state index in [9.17, 15) is 9.59 Å². The molecule has 25 heavy (non-hydrogen) atoms. The lowest BCUT2D eigenvalue weighted by molar-refractivity contribution is -0.158. The average molecular weight is 347 g/mol. The molecule has 1 aliphatic rings. The number of carbonyl (C=O) groups is 2. The van der Waals surface area contributed by atoms with Crippen LogP contribution in [0, 0.1) is 0 Å². The summed E-state index contributed by atoms with van der Waals surface area (Å²) in [6.07, 6.45) is 4.36. The first kappa shape index (κ1) is 19.4. The van der Waals surface area contributed by atoms with Crippen molar-refractivity contribution in [2.45, 2.75) is 70.6 Å². The quantitative estimate of drug-likeness (QED) is 0.799. The van der Waals surface area contributed by atoms with E-state index in [0.29, 0.717) is 12.8 Å². The van der Waals surface area contributed by atoms with Crippen LogP contribution in [-0.2, 0) is 25.7 Å². The molecule has 0 unspecified atom stereocenters. The van der Waals surface area contributed by atoms with Gasteiger partial charge in [-0.05, 0) is 39.2 Å². The van der Waals surface area contributed by atoms with Crippen LogP contribution in [0.5, 0.6) is 0 Å². The molecule has 0 heterocycles. The summed E-state index contributed by atoms with van der Waals surface area (Å²) in [6.45, 7) is 5.74. The van der Waals surface area contributed by atoms with Crippen molar-refractivity contribution in [3.05, 3.63) is 35.9 Å². The Kier molecular flexibility index (Phi) is 6.59. The van der Waals surface area contributed by atoms with Crippen LogP contribution in [0.1, 0.15) is 58.4 Å². The second-order valence-electron chi connectivity index (χ2n) is 7.64. The lowest BCUT2D eigenvalue weighted by Gasteiger charge is -2.35. The van der Waals surface area contributed by atoms with Crippen LogP contribution in [0.2, 0.25) is 0 Å². The fourth-order valence-electron chi connectivity index (χ4n) is 3.09. The van der Waals surface area contributed by atoms with E-state index < -0.39 is 11.1 Å². The average Bonchev–Trinajstić information content (AvgIpc) is 2.58. The SMILES string of the molecule is CC(C)(C)OC(=O)CNC1(C(=O)OCc2ccccc2)CCCCC1. The van der Waals surface area contributed by atoms with Crippen LogP contribution >= 0.6 is 0 Å². The Labute approximate surface area is 150 Å². The first-order valence-corrected chi connectivity index (χ1v) is 8.99. The summed E-state index contributed by atoms with van der Waals surface area (Å²) in [5, 5.41) is 3.14. The predicted octanol–water partition coefficient (Wildman–Crippen LogP) is 3.36. The molecule has 1 N–H and O–H groups in total. The Bertz CT molecular complexity index is 571. The molecular weight excluding hydrogens is 318 g/mol. The molecule has 5 nitrogen and oxygen atoms in total. The van der Waals surface area contributed by atoms with E-state index in [2.05, 4.69) is 5.32 Å². The van der Waals surface area contributed by atoms with E-state index in [0.717, 1.165) is 24.8 Å². The number of ether oxygens (including phenoxy) is 2. The summed E-state index contributed by atoms with van der Waals surface area (Å²) in [6, 6.07) is 9.61. The molecular formula is C20H29NO4. The number of esters is 2. The molecule has 0 aromatic heterocycles. The fourth-order valence-corrected chi connectivity index (χ4v) is 3.09. The number of rotatable bonds is 6. The van der Waals surface area contributed by atoms with E-state index >= 15 is 0 Å². The molecule has 5 heteroatoms. The Hall–Kier alpha value is -1.88. The highest BCUT2D eigenvalue weighted by Crippen LogP contribution is 2.29. The summed E-state index contributed by atoms with van der Waals surface area (Å²) in [4.78, 5) is 24.8. The standard InChI is InChI=1S/C20H29NO4/c1-19(2,3)25-17(22)14-21-20(12-8-5-9-13-20)18(23)24-15-16-10-6-4-7-11-16/h4,6-7,10-11,21H,5,8-9,12-15H2,1-3H3. The van der Waals surface area contributed by atoms with Gasteiger partial charge in [-0.25, -0.2) is 0 Å². The van der Waals surface area contributed by atoms with Crippen LogP contribution in [0.25, 0.3) is 0 Å². The third-order valence-corrected chi connectivity index (χ3v) is 4.30. The number of nitrogens with one attached hydrogen (secondary N) is 1. The molecule has 0 aliphatic heterocycles. The smallest absolute Gasteiger partial charge is 0.326 e. The summed E-state index contributed by atoms with van der Waals surface area (Å²) in [5.74, 6) is -0.632. The zero-order chi connectivity index (χ0) is 18.3. The third-order valence-electron chi connectivity index (χ3n) is 4.30. The van der Waals surface area contributed by atoms with Gasteiger partial charge in [-0.2, -0.15) is 0 Å². The molecule has 0 radical (unpaired) electrons. The number of hydrogen-bond donors (Lipinski definition) is 1. The molecule has 1 saturated carbocycles. The van der Waals surface area contributed by atoms with E-state index in [4.69, 9.17) is 9.47 Å². The minimum atomic E-state index is -0.788. The maximum Gasteiger partial charge on any atom is 0.326 e. The Morgan fingerprint density at radius 1 is 1.08 bits per heavy atom. The largest absolute Gasteiger partial charge is 0.459 e. The summed E-state index contributed by atoms with van der Waals surface area (Å²) < 4.78 is 10.9. The number of carbonyl (C=O) groups excluding carboxylic acids is 2. The van der Waals surface area contributed by atoms with E-state index in [1.165, 1.54) is 0 Å². The molecule has 1 aromatic rings. The van der Waals surface area contributed by atoms with Gasteiger partial charge in [-0.15, -0.1) is 0 Å².